The molecule has 2 aromatic carbocycles. The Labute approximate surface area is 137 Å². The number of nitrogens with one attached hydrogen (secondary N) is 1. The Morgan fingerprint density at radius 3 is 2.05 bits per heavy atom. The Bertz CT molecular complexity index is 579. The van der Waals surface area contributed by atoms with Crippen LogP contribution in [0, 0.1) is 11.8 Å². The number of anilines is 1. The lowest BCUT2D eigenvalue weighted by molar-refractivity contribution is 0.442. The maximum Gasteiger partial charge on any atom is 0.0348 e. The lowest BCUT2D eigenvalue weighted by atomic mass is 9.95. The molecule has 21 heavy (non-hydrogen) atoms. The molecule has 0 radical (unpaired) electrons. The van der Waals surface area contributed by atoms with E-state index in [4.69, 9.17) is 0 Å². The van der Waals surface area contributed by atoms with Crippen molar-refractivity contribution in [3.8, 4) is 0 Å². The van der Waals surface area contributed by atoms with Gasteiger partial charge in [0.1, 0.15) is 0 Å². The Morgan fingerprint density at radius 1 is 0.857 bits per heavy atom. The minimum absolute atomic E-state index is 0.554. The summed E-state index contributed by atoms with van der Waals surface area (Å²) in [6.07, 6.45) is 2.44. The summed E-state index contributed by atoms with van der Waals surface area (Å²) in [6.45, 7) is 9.19. The number of hydrogen-bond donors (Lipinski definition) is 1. The average Bonchev–Trinajstić information content (AvgIpc) is 2.37. The molecule has 0 atom stereocenters. The van der Waals surface area contributed by atoms with Crippen molar-refractivity contribution in [2.24, 2.45) is 11.8 Å². The highest BCUT2D eigenvalue weighted by molar-refractivity contribution is 9.10. The Morgan fingerprint density at radius 2 is 1.43 bits per heavy atom. The zero-order valence-electron chi connectivity index (χ0n) is 13.5. The van der Waals surface area contributed by atoms with E-state index in [1.165, 1.54) is 29.3 Å². The Balaban J connectivity index is 2.17. The summed E-state index contributed by atoms with van der Waals surface area (Å²) in [7, 11) is 0. The molecule has 0 aromatic heterocycles. The minimum Gasteiger partial charge on any atom is -0.382 e. The van der Waals surface area contributed by atoms with Crippen molar-refractivity contribution in [3.63, 3.8) is 0 Å². The summed E-state index contributed by atoms with van der Waals surface area (Å²) in [5, 5.41) is 6.30. The third-order valence-corrected chi connectivity index (χ3v) is 4.18. The van der Waals surface area contributed by atoms with Gasteiger partial charge >= 0.3 is 0 Å². The van der Waals surface area contributed by atoms with Gasteiger partial charge in [-0.2, -0.15) is 0 Å². The van der Waals surface area contributed by atoms with Crippen molar-refractivity contribution >= 4 is 32.4 Å². The van der Waals surface area contributed by atoms with E-state index in [1.54, 1.807) is 0 Å². The summed E-state index contributed by atoms with van der Waals surface area (Å²) in [5.41, 5.74) is 1.23. The molecule has 0 saturated carbocycles. The van der Waals surface area contributed by atoms with Gasteiger partial charge in [-0.3, -0.25) is 0 Å². The third-order valence-electron chi connectivity index (χ3n) is 3.68. The second kappa shape index (κ2) is 7.31. The Kier molecular flexibility index (Phi) is 5.69. The highest BCUT2D eigenvalue weighted by Crippen LogP contribution is 2.25. The van der Waals surface area contributed by atoms with Gasteiger partial charge in [-0.15, -0.1) is 0 Å². The normalized spacial score (nSPS) is 11.8. The van der Waals surface area contributed by atoms with Crippen molar-refractivity contribution in [3.05, 3.63) is 40.9 Å². The molecule has 114 valence electrons. The SMILES string of the molecule is CC(C)CC(CC(C)C)Nc1ccc2cc(Br)ccc2c1. The number of fused-ring (bicyclic) bond motifs is 1. The molecule has 1 nitrogen and oxygen atoms in total. The zero-order valence-corrected chi connectivity index (χ0v) is 15.1. The van der Waals surface area contributed by atoms with Crippen LogP contribution in [0.25, 0.3) is 10.8 Å². The van der Waals surface area contributed by atoms with Gasteiger partial charge in [-0.05, 0) is 59.7 Å². The minimum atomic E-state index is 0.554. The van der Waals surface area contributed by atoms with Crippen molar-refractivity contribution in [1.82, 2.24) is 0 Å². The predicted octanol–water partition coefficient (Wildman–Crippen LogP) is 6.48. The summed E-state index contributed by atoms with van der Waals surface area (Å²) in [6, 6.07) is 13.6. The predicted molar refractivity (Wildman–Crippen MR) is 98.0 cm³/mol. The fourth-order valence-corrected chi connectivity index (χ4v) is 3.27. The maximum absolute atomic E-state index is 3.74. The first-order valence-electron chi connectivity index (χ1n) is 7.90. The van der Waals surface area contributed by atoms with E-state index < -0.39 is 0 Å². The maximum atomic E-state index is 3.74. The molecule has 2 aromatic rings. The van der Waals surface area contributed by atoms with E-state index in [1.807, 2.05) is 0 Å². The van der Waals surface area contributed by atoms with Crippen LogP contribution in [-0.4, -0.2) is 6.04 Å². The molecule has 0 bridgehead atoms. The third kappa shape index (κ3) is 5.03. The van der Waals surface area contributed by atoms with Crippen LogP contribution in [0.2, 0.25) is 0 Å². The van der Waals surface area contributed by atoms with Crippen LogP contribution in [0.4, 0.5) is 5.69 Å². The van der Waals surface area contributed by atoms with E-state index in [9.17, 15) is 0 Å². The summed E-state index contributed by atoms with van der Waals surface area (Å²) >= 11 is 3.53. The molecular weight excluding hydrogens is 322 g/mol. The standard InChI is InChI=1S/C19H26BrN/c1-13(2)9-19(10-14(3)4)21-18-8-6-15-11-17(20)7-5-16(15)12-18/h5-8,11-14,19,21H,9-10H2,1-4H3. The molecular formula is C19H26BrN. The highest BCUT2D eigenvalue weighted by Gasteiger charge is 2.13. The number of benzene rings is 2. The first-order valence-corrected chi connectivity index (χ1v) is 8.69. The van der Waals surface area contributed by atoms with Crippen molar-refractivity contribution < 1.29 is 0 Å². The highest BCUT2D eigenvalue weighted by atomic mass is 79.9. The first-order chi connectivity index (χ1) is 9.94. The van der Waals surface area contributed by atoms with Gasteiger partial charge in [-0.25, -0.2) is 0 Å². The van der Waals surface area contributed by atoms with E-state index in [0.29, 0.717) is 6.04 Å². The van der Waals surface area contributed by atoms with Crippen LogP contribution in [0.3, 0.4) is 0 Å². The summed E-state index contributed by atoms with van der Waals surface area (Å²) < 4.78 is 1.13. The van der Waals surface area contributed by atoms with Crippen molar-refractivity contribution in [1.29, 1.82) is 0 Å². The quantitative estimate of drug-likeness (QED) is 0.630. The fourth-order valence-electron chi connectivity index (χ4n) is 2.89. The number of hydrogen-bond acceptors (Lipinski definition) is 1. The lowest BCUT2D eigenvalue weighted by Gasteiger charge is -2.23. The van der Waals surface area contributed by atoms with E-state index in [0.717, 1.165) is 16.3 Å². The monoisotopic (exact) mass is 347 g/mol. The Hall–Kier alpha value is -1.02. The topological polar surface area (TPSA) is 12.0 Å². The van der Waals surface area contributed by atoms with Crippen molar-refractivity contribution in [2.75, 3.05) is 5.32 Å². The van der Waals surface area contributed by atoms with Gasteiger partial charge in [0.25, 0.3) is 0 Å². The molecule has 2 rings (SSSR count). The van der Waals surface area contributed by atoms with Gasteiger partial charge in [0.15, 0.2) is 0 Å². The first kappa shape index (κ1) is 16.4. The molecule has 1 N–H and O–H groups in total. The molecule has 2 heteroatoms. The zero-order chi connectivity index (χ0) is 15.4. The second-order valence-electron chi connectivity index (χ2n) is 6.81. The van der Waals surface area contributed by atoms with Crippen molar-refractivity contribution in [2.45, 2.75) is 46.6 Å². The van der Waals surface area contributed by atoms with Gasteiger partial charge in [0.2, 0.25) is 0 Å². The fraction of sp³-hybridized carbons (Fsp3) is 0.474. The van der Waals surface area contributed by atoms with Gasteiger partial charge < -0.3 is 5.32 Å². The molecule has 0 unspecified atom stereocenters. The number of halogens is 1. The van der Waals surface area contributed by atoms with E-state index in [-0.39, 0.29) is 0 Å². The van der Waals surface area contributed by atoms with Crippen LogP contribution >= 0.6 is 15.9 Å². The smallest absolute Gasteiger partial charge is 0.0348 e. The van der Waals surface area contributed by atoms with Crippen LogP contribution < -0.4 is 5.32 Å². The van der Waals surface area contributed by atoms with Gasteiger partial charge in [-0.1, -0.05) is 55.8 Å². The van der Waals surface area contributed by atoms with Gasteiger partial charge in [0, 0.05) is 16.2 Å². The van der Waals surface area contributed by atoms with Crippen LogP contribution in [0.5, 0.6) is 0 Å². The van der Waals surface area contributed by atoms with E-state index >= 15 is 0 Å². The molecule has 0 aliphatic rings. The molecule has 0 aliphatic heterocycles. The molecule has 0 amide bonds. The summed E-state index contributed by atoms with van der Waals surface area (Å²) in [5.74, 6) is 1.44. The lowest BCUT2D eigenvalue weighted by Crippen LogP contribution is -2.23. The van der Waals surface area contributed by atoms with Crippen LogP contribution in [-0.2, 0) is 0 Å². The molecule has 0 fully saturated rings. The van der Waals surface area contributed by atoms with Crippen LogP contribution in [0.15, 0.2) is 40.9 Å². The number of rotatable bonds is 6. The molecule has 0 spiro atoms. The molecule has 0 saturated heterocycles. The van der Waals surface area contributed by atoms with E-state index in [2.05, 4.69) is 85.3 Å². The second-order valence-corrected chi connectivity index (χ2v) is 7.72. The van der Waals surface area contributed by atoms with Gasteiger partial charge in [0.05, 0.1) is 0 Å². The largest absolute Gasteiger partial charge is 0.382 e. The molecule has 0 aliphatic carbocycles. The van der Waals surface area contributed by atoms with Crippen LogP contribution in [0.1, 0.15) is 40.5 Å². The summed E-state index contributed by atoms with van der Waals surface area (Å²) in [4.78, 5) is 0. The molecule has 0 heterocycles. The average molecular weight is 348 g/mol.